The van der Waals surface area contributed by atoms with E-state index in [0.717, 1.165) is 50.0 Å². The number of morpholine rings is 1. The lowest BCUT2D eigenvalue weighted by atomic mass is 10.0. The van der Waals surface area contributed by atoms with Gasteiger partial charge in [0.05, 0.1) is 25.3 Å². The summed E-state index contributed by atoms with van der Waals surface area (Å²) in [5.74, 6) is 1.70. The second-order valence-electron chi connectivity index (χ2n) is 12.6. The zero-order valence-corrected chi connectivity index (χ0v) is 27.5. The van der Waals surface area contributed by atoms with Crippen LogP contribution in [0.3, 0.4) is 0 Å². The molecule has 1 saturated carbocycles. The lowest BCUT2D eigenvalue weighted by Gasteiger charge is -2.26. The number of hydrogen-bond acceptors (Lipinski definition) is 10. The number of hydrogen-bond donors (Lipinski definition) is 2. The second kappa shape index (κ2) is 13.8. The van der Waals surface area contributed by atoms with Crippen molar-refractivity contribution in [1.29, 1.82) is 0 Å². The number of rotatable bonds is 11. The molecular weight excluding hydrogens is 638 g/mol. The fourth-order valence-electron chi connectivity index (χ4n) is 6.39. The molecule has 1 aromatic heterocycles. The number of anilines is 2. The number of amides is 2. The summed E-state index contributed by atoms with van der Waals surface area (Å²) in [5.41, 5.74) is 0.720. The summed E-state index contributed by atoms with van der Waals surface area (Å²) in [7, 11) is 0. The number of benzene rings is 4. The summed E-state index contributed by atoms with van der Waals surface area (Å²) in [4.78, 5) is 38.0. The van der Waals surface area contributed by atoms with E-state index in [4.69, 9.17) is 23.7 Å². The van der Waals surface area contributed by atoms with Gasteiger partial charge in [0, 0.05) is 42.5 Å². The molecule has 3 heterocycles. The Hall–Kier alpha value is -5.46. The van der Waals surface area contributed by atoms with Crippen molar-refractivity contribution in [2.75, 3.05) is 63.3 Å². The van der Waals surface area contributed by atoms with Gasteiger partial charge in [0.1, 0.15) is 36.1 Å². The third-order valence-corrected chi connectivity index (χ3v) is 9.31. The van der Waals surface area contributed by atoms with Gasteiger partial charge in [-0.05, 0) is 55.0 Å². The van der Waals surface area contributed by atoms with Gasteiger partial charge in [0.15, 0.2) is 11.5 Å². The molecule has 12 nitrogen and oxygen atoms in total. The van der Waals surface area contributed by atoms with Crippen molar-refractivity contribution >= 4 is 44.9 Å². The molecule has 5 aromatic rings. The van der Waals surface area contributed by atoms with Crippen LogP contribution < -0.4 is 29.6 Å². The van der Waals surface area contributed by atoms with Crippen LogP contribution in [0.4, 0.5) is 11.4 Å². The first-order chi connectivity index (χ1) is 24.6. The minimum atomic E-state index is -1.11. The molecule has 0 unspecified atom stereocenters. The first-order valence-corrected chi connectivity index (χ1v) is 17.0. The predicted octanol–water partition coefficient (Wildman–Crippen LogP) is 5.81. The Morgan fingerprint density at radius 1 is 0.840 bits per heavy atom. The van der Waals surface area contributed by atoms with Crippen molar-refractivity contribution in [2.24, 2.45) is 5.41 Å². The average Bonchev–Trinajstić information content (AvgIpc) is 3.98. The Morgan fingerprint density at radius 2 is 1.60 bits per heavy atom. The van der Waals surface area contributed by atoms with E-state index in [1.165, 1.54) is 6.33 Å². The minimum absolute atomic E-state index is 0.300. The molecule has 12 heteroatoms. The molecule has 0 bridgehead atoms. The number of ether oxygens (including phenoxy) is 5. The first kappa shape index (κ1) is 31.8. The fourth-order valence-corrected chi connectivity index (χ4v) is 6.39. The highest BCUT2D eigenvalue weighted by molar-refractivity contribution is 6.18. The van der Waals surface area contributed by atoms with Crippen molar-refractivity contribution in [3.05, 3.63) is 79.1 Å². The van der Waals surface area contributed by atoms with E-state index < -0.39 is 5.41 Å². The van der Waals surface area contributed by atoms with Crippen molar-refractivity contribution in [1.82, 2.24) is 14.9 Å². The van der Waals surface area contributed by atoms with E-state index in [1.807, 2.05) is 48.5 Å². The summed E-state index contributed by atoms with van der Waals surface area (Å²) in [6.45, 7) is 5.62. The Morgan fingerprint density at radius 3 is 2.42 bits per heavy atom. The SMILES string of the molecule is O=C(Nc1ccc(Oc2ncnc3cc(OCCCN4CCOCC4)c4c(c23)OCCO4)cc1)C1(C(=O)Nc2cccc3ccccc23)CC1. The van der Waals surface area contributed by atoms with Crippen LogP contribution >= 0.6 is 0 Å². The van der Waals surface area contributed by atoms with Gasteiger partial charge in [0.25, 0.3) is 0 Å². The molecule has 8 rings (SSSR count). The molecule has 0 spiro atoms. The molecule has 4 aromatic carbocycles. The molecule has 3 aliphatic rings. The van der Waals surface area contributed by atoms with Crippen molar-refractivity contribution in [3.63, 3.8) is 0 Å². The van der Waals surface area contributed by atoms with Gasteiger partial charge in [-0.3, -0.25) is 14.5 Å². The maximum Gasteiger partial charge on any atom is 0.240 e. The van der Waals surface area contributed by atoms with Crippen LogP contribution in [-0.4, -0.2) is 79.4 Å². The van der Waals surface area contributed by atoms with Crippen LogP contribution in [0.5, 0.6) is 28.9 Å². The molecule has 1 aliphatic carbocycles. The van der Waals surface area contributed by atoms with E-state index in [9.17, 15) is 9.59 Å². The lowest BCUT2D eigenvalue weighted by Crippen LogP contribution is -2.37. The fraction of sp³-hybridized carbons (Fsp3) is 0.316. The summed E-state index contributed by atoms with van der Waals surface area (Å²) in [5, 5.41) is 8.43. The van der Waals surface area contributed by atoms with Crippen LogP contribution in [0.2, 0.25) is 0 Å². The third-order valence-electron chi connectivity index (χ3n) is 9.31. The highest BCUT2D eigenvalue weighted by Gasteiger charge is 2.56. The number of fused-ring (bicyclic) bond motifs is 4. The normalized spacial score (nSPS) is 16.5. The summed E-state index contributed by atoms with van der Waals surface area (Å²) in [6, 6.07) is 22.3. The first-order valence-electron chi connectivity index (χ1n) is 17.0. The predicted molar refractivity (Wildman–Crippen MR) is 187 cm³/mol. The third kappa shape index (κ3) is 6.47. The summed E-state index contributed by atoms with van der Waals surface area (Å²) < 4.78 is 29.9. The number of carbonyl (C=O) groups excluding carboxylic acids is 2. The van der Waals surface area contributed by atoms with E-state index in [2.05, 4.69) is 25.5 Å². The topological polar surface area (TPSA) is 133 Å². The highest BCUT2D eigenvalue weighted by atomic mass is 16.6. The van der Waals surface area contributed by atoms with Crippen molar-refractivity contribution in [3.8, 4) is 28.9 Å². The number of aromatic nitrogens is 2. The van der Waals surface area contributed by atoms with Gasteiger partial charge < -0.3 is 34.3 Å². The van der Waals surface area contributed by atoms with Crippen LogP contribution in [0.25, 0.3) is 21.7 Å². The Bertz CT molecular complexity index is 2040. The molecule has 2 N–H and O–H groups in total. The monoisotopic (exact) mass is 675 g/mol. The second-order valence-corrected chi connectivity index (χ2v) is 12.6. The standard InChI is InChI=1S/C38H37N5O7/c44-36(38(13-14-38)37(45)42-29-8-3-6-25-5-1-2-7-28(25)29)41-26-9-11-27(12-10-26)50-35-32-30(39-24-40-35)23-31(33-34(32)49-22-21-48-33)47-18-4-15-43-16-19-46-20-17-43/h1-3,5-12,23-24H,4,13-22H2,(H,41,44)(H,42,45). The van der Waals surface area contributed by atoms with Gasteiger partial charge >= 0.3 is 0 Å². The molecule has 2 aliphatic heterocycles. The lowest BCUT2D eigenvalue weighted by molar-refractivity contribution is -0.131. The van der Waals surface area contributed by atoms with E-state index in [1.54, 1.807) is 24.3 Å². The quantitative estimate of drug-likeness (QED) is 0.131. The van der Waals surface area contributed by atoms with E-state index in [-0.39, 0.29) is 11.8 Å². The van der Waals surface area contributed by atoms with Crippen LogP contribution in [0.1, 0.15) is 19.3 Å². The number of carbonyl (C=O) groups is 2. The van der Waals surface area contributed by atoms with Gasteiger partial charge in [-0.2, -0.15) is 0 Å². The highest BCUT2D eigenvalue weighted by Crippen LogP contribution is 2.49. The summed E-state index contributed by atoms with van der Waals surface area (Å²) in [6.07, 6.45) is 3.26. The largest absolute Gasteiger partial charge is 0.489 e. The zero-order valence-electron chi connectivity index (χ0n) is 27.5. The molecule has 256 valence electrons. The van der Waals surface area contributed by atoms with Crippen LogP contribution in [0.15, 0.2) is 79.1 Å². The summed E-state index contributed by atoms with van der Waals surface area (Å²) >= 11 is 0. The number of nitrogens with one attached hydrogen (secondary N) is 2. The Balaban J connectivity index is 0.938. The Kier molecular flexibility index (Phi) is 8.78. The zero-order chi connectivity index (χ0) is 33.9. The molecule has 0 radical (unpaired) electrons. The molecule has 2 fully saturated rings. The van der Waals surface area contributed by atoms with Gasteiger partial charge in [-0.15, -0.1) is 0 Å². The maximum atomic E-state index is 13.4. The molecule has 0 atom stereocenters. The molecular formula is C38H37N5O7. The minimum Gasteiger partial charge on any atom is -0.489 e. The molecule has 2 amide bonds. The molecule has 50 heavy (non-hydrogen) atoms. The van der Waals surface area contributed by atoms with Gasteiger partial charge in [-0.1, -0.05) is 36.4 Å². The van der Waals surface area contributed by atoms with E-state index >= 15 is 0 Å². The van der Waals surface area contributed by atoms with Crippen molar-refractivity contribution in [2.45, 2.75) is 19.3 Å². The van der Waals surface area contributed by atoms with Crippen LogP contribution in [0, 0.1) is 5.41 Å². The van der Waals surface area contributed by atoms with Crippen LogP contribution in [-0.2, 0) is 14.3 Å². The maximum absolute atomic E-state index is 13.4. The smallest absolute Gasteiger partial charge is 0.240 e. The van der Waals surface area contributed by atoms with Gasteiger partial charge in [-0.25, -0.2) is 9.97 Å². The van der Waals surface area contributed by atoms with Crippen molar-refractivity contribution < 1.29 is 33.3 Å². The molecule has 1 saturated heterocycles. The average molecular weight is 676 g/mol. The number of nitrogens with zero attached hydrogens (tertiary/aromatic N) is 3. The van der Waals surface area contributed by atoms with Gasteiger partial charge in [0.2, 0.25) is 23.4 Å². The van der Waals surface area contributed by atoms with E-state index in [0.29, 0.717) is 83.8 Å². The Labute approximate surface area is 288 Å².